The maximum Gasteiger partial charge on any atom is 0.317 e. The van der Waals surface area contributed by atoms with E-state index in [-0.39, 0.29) is 11.8 Å². The SMILES string of the molecule is CCCCN(CCC)C(=O)NCCC(=O)c1ccc(C)cc1. The van der Waals surface area contributed by atoms with E-state index in [0.717, 1.165) is 37.9 Å². The number of urea groups is 1. The topological polar surface area (TPSA) is 49.4 Å². The molecule has 0 heterocycles. The van der Waals surface area contributed by atoms with Gasteiger partial charge in [-0.1, -0.05) is 50.1 Å². The second kappa shape index (κ2) is 9.98. The van der Waals surface area contributed by atoms with E-state index >= 15 is 0 Å². The number of rotatable bonds is 9. The third-order valence-electron chi connectivity index (χ3n) is 3.56. The number of carbonyl (C=O) groups is 2. The molecule has 1 rings (SSSR count). The van der Waals surface area contributed by atoms with Crippen LogP contribution in [0.1, 0.15) is 55.5 Å². The van der Waals surface area contributed by atoms with Crippen LogP contribution in [0.15, 0.2) is 24.3 Å². The molecule has 4 nitrogen and oxygen atoms in total. The predicted molar refractivity (Wildman–Crippen MR) is 90.3 cm³/mol. The number of amides is 2. The van der Waals surface area contributed by atoms with Crippen LogP contribution in [0.3, 0.4) is 0 Å². The van der Waals surface area contributed by atoms with Crippen molar-refractivity contribution >= 4 is 11.8 Å². The first-order valence-corrected chi connectivity index (χ1v) is 8.21. The van der Waals surface area contributed by atoms with Gasteiger partial charge in [-0.25, -0.2) is 4.79 Å². The van der Waals surface area contributed by atoms with Gasteiger partial charge in [0.2, 0.25) is 0 Å². The molecule has 0 fully saturated rings. The third kappa shape index (κ3) is 6.29. The number of nitrogens with one attached hydrogen (secondary N) is 1. The summed E-state index contributed by atoms with van der Waals surface area (Å²) in [6.07, 6.45) is 3.36. The quantitative estimate of drug-likeness (QED) is 0.706. The van der Waals surface area contributed by atoms with Crippen LogP contribution >= 0.6 is 0 Å². The Labute approximate surface area is 133 Å². The molecule has 1 N–H and O–H groups in total. The molecule has 2 amide bonds. The zero-order valence-corrected chi connectivity index (χ0v) is 14.0. The second-order valence-corrected chi connectivity index (χ2v) is 5.61. The van der Waals surface area contributed by atoms with Crippen LogP contribution in [0.2, 0.25) is 0 Å². The lowest BCUT2D eigenvalue weighted by Crippen LogP contribution is -2.41. The number of Topliss-reactive ketones (excluding diaryl/α,β-unsaturated/α-hetero) is 1. The lowest BCUT2D eigenvalue weighted by molar-refractivity contribution is 0.0983. The maximum absolute atomic E-state index is 12.1. The zero-order valence-electron chi connectivity index (χ0n) is 14.0. The van der Waals surface area contributed by atoms with Crippen molar-refractivity contribution in [2.75, 3.05) is 19.6 Å². The van der Waals surface area contributed by atoms with Crippen molar-refractivity contribution in [1.29, 1.82) is 0 Å². The summed E-state index contributed by atoms with van der Waals surface area (Å²) in [5.74, 6) is 0.0656. The van der Waals surface area contributed by atoms with Gasteiger partial charge in [0.25, 0.3) is 0 Å². The highest BCUT2D eigenvalue weighted by Gasteiger charge is 2.12. The van der Waals surface area contributed by atoms with Gasteiger partial charge < -0.3 is 10.2 Å². The van der Waals surface area contributed by atoms with E-state index < -0.39 is 0 Å². The van der Waals surface area contributed by atoms with Gasteiger partial charge in [-0.3, -0.25) is 4.79 Å². The van der Waals surface area contributed by atoms with Crippen LogP contribution < -0.4 is 5.32 Å². The number of unbranched alkanes of at least 4 members (excludes halogenated alkanes) is 1. The van der Waals surface area contributed by atoms with Crippen molar-refractivity contribution in [3.63, 3.8) is 0 Å². The molecule has 0 aliphatic rings. The Morgan fingerprint density at radius 3 is 2.32 bits per heavy atom. The maximum atomic E-state index is 12.1. The number of benzene rings is 1. The Morgan fingerprint density at radius 1 is 1.05 bits per heavy atom. The van der Waals surface area contributed by atoms with Crippen LogP contribution in [0.25, 0.3) is 0 Å². The predicted octanol–water partition coefficient (Wildman–Crippen LogP) is 3.79. The molecule has 122 valence electrons. The van der Waals surface area contributed by atoms with Crippen molar-refractivity contribution in [1.82, 2.24) is 10.2 Å². The van der Waals surface area contributed by atoms with E-state index in [4.69, 9.17) is 0 Å². The molecule has 0 aromatic heterocycles. The summed E-state index contributed by atoms with van der Waals surface area (Å²) in [6.45, 7) is 8.10. The van der Waals surface area contributed by atoms with E-state index in [2.05, 4.69) is 19.2 Å². The van der Waals surface area contributed by atoms with E-state index in [1.807, 2.05) is 36.1 Å². The van der Waals surface area contributed by atoms with E-state index in [1.54, 1.807) is 0 Å². The van der Waals surface area contributed by atoms with Gasteiger partial charge in [-0.05, 0) is 19.8 Å². The number of ketones is 1. The fraction of sp³-hybridized carbons (Fsp3) is 0.556. The minimum atomic E-state index is -0.0630. The molecular weight excluding hydrogens is 276 g/mol. The van der Waals surface area contributed by atoms with Crippen LogP contribution in [0.4, 0.5) is 4.79 Å². The molecule has 0 spiro atoms. The standard InChI is InChI=1S/C18H28N2O2/c1-4-6-14-20(13-5-2)18(22)19-12-11-17(21)16-9-7-15(3)8-10-16/h7-10H,4-6,11-14H2,1-3H3,(H,19,22). The van der Waals surface area contributed by atoms with E-state index in [1.165, 1.54) is 0 Å². The number of nitrogens with zero attached hydrogens (tertiary/aromatic N) is 1. The Bertz CT molecular complexity index is 468. The minimum absolute atomic E-state index is 0.0630. The van der Waals surface area contributed by atoms with Gasteiger partial charge in [0.15, 0.2) is 5.78 Å². The molecule has 0 radical (unpaired) electrons. The number of carbonyl (C=O) groups excluding carboxylic acids is 2. The van der Waals surface area contributed by atoms with Crippen molar-refractivity contribution < 1.29 is 9.59 Å². The van der Waals surface area contributed by atoms with Gasteiger partial charge in [0.1, 0.15) is 0 Å². The summed E-state index contributed by atoms with van der Waals surface area (Å²) in [6, 6.07) is 7.47. The highest BCUT2D eigenvalue weighted by molar-refractivity contribution is 5.96. The minimum Gasteiger partial charge on any atom is -0.338 e. The monoisotopic (exact) mass is 304 g/mol. The van der Waals surface area contributed by atoms with Crippen molar-refractivity contribution in [2.24, 2.45) is 0 Å². The fourth-order valence-corrected chi connectivity index (χ4v) is 2.21. The lowest BCUT2D eigenvalue weighted by atomic mass is 10.1. The summed E-state index contributed by atoms with van der Waals surface area (Å²) < 4.78 is 0. The van der Waals surface area contributed by atoms with Gasteiger partial charge >= 0.3 is 6.03 Å². The van der Waals surface area contributed by atoms with Crippen LogP contribution in [0.5, 0.6) is 0 Å². The first-order chi connectivity index (χ1) is 10.6. The van der Waals surface area contributed by atoms with Gasteiger partial charge in [-0.2, -0.15) is 0 Å². The molecule has 0 bridgehead atoms. The molecule has 0 atom stereocenters. The van der Waals surface area contributed by atoms with Crippen LogP contribution in [-0.2, 0) is 0 Å². The van der Waals surface area contributed by atoms with Crippen LogP contribution in [0, 0.1) is 6.92 Å². The molecule has 0 unspecified atom stereocenters. The molecule has 22 heavy (non-hydrogen) atoms. The van der Waals surface area contributed by atoms with Gasteiger partial charge in [0, 0.05) is 31.6 Å². The first kappa shape index (κ1) is 18.2. The molecule has 0 saturated heterocycles. The van der Waals surface area contributed by atoms with E-state index in [0.29, 0.717) is 18.5 Å². The number of hydrogen-bond acceptors (Lipinski definition) is 2. The Kier molecular flexibility index (Phi) is 8.26. The number of aryl methyl sites for hydroxylation is 1. The summed E-state index contributed by atoms with van der Waals surface area (Å²) in [7, 11) is 0. The normalized spacial score (nSPS) is 10.3. The van der Waals surface area contributed by atoms with Gasteiger partial charge in [0.05, 0.1) is 0 Å². The first-order valence-electron chi connectivity index (χ1n) is 8.21. The molecular formula is C18H28N2O2. The summed E-state index contributed by atoms with van der Waals surface area (Å²) in [4.78, 5) is 26.0. The van der Waals surface area contributed by atoms with Crippen molar-refractivity contribution in [3.05, 3.63) is 35.4 Å². The Balaban J connectivity index is 2.39. The lowest BCUT2D eigenvalue weighted by Gasteiger charge is -2.22. The summed E-state index contributed by atoms with van der Waals surface area (Å²) in [5, 5.41) is 2.85. The molecule has 1 aromatic rings. The van der Waals surface area contributed by atoms with Crippen molar-refractivity contribution in [3.8, 4) is 0 Å². The largest absolute Gasteiger partial charge is 0.338 e. The average Bonchev–Trinajstić information content (AvgIpc) is 2.51. The van der Waals surface area contributed by atoms with Crippen molar-refractivity contribution in [2.45, 2.75) is 46.5 Å². The summed E-state index contributed by atoms with van der Waals surface area (Å²) >= 11 is 0. The molecule has 1 aromatic carbocycles. The number of hydrogen-bond donors (Lipinski definition) is 1. The smallest absolute Gasteiger partial charge is 0.317 e. The second-order valence-electron chi connectivity index (χ2n) is 5.61. The molecule has 0 aliphatic heterocycles. The zero-order chi connectivity index (χ0) is 16.4. The molecule has 0 saturated carbocycles. The average molecular weight is 304 g/mol. The molecule has 0 aliphatic carbocycles. The third-order valence-corrected chi connectivity index (χ3v) is 3.56. The Hall–Kier alpha value is -1.84. The molecule has 4 heteroatoms. The highest BCUT2D eigenvalue weighted by atomic mass is 16.2. The highest BCUT2D eigenvalue weighted by Crippen LogP contribution is 2.06. The summed E-state index contributed by atoms with van der Waals surface area (Å²) in [5.41, 5.74) is 1.84. The van der Waals surface area contributed by atoms with Gasteiger partial charge in [-0.15, -0.1) is 0 Å². The van der Waals surface area contributed by atoms with Crippen LogP contribution in [-0.4, -0.2) is 36.3 Å². The Morgan fingerprint density at radius 2 is 1.73 bits per heavy atom. The fourth-order valence-electron chi connectivity index (χ4n) is 2.21. The van der Waals surface area contributed by atoms with E-state index in [9.17, 15) is 9.59 Å².